The summed E-state index contributed by atoms with van der Waals surface area (Å²) in [6.07, 6.45) is 0. The van der Waals surface area contributed by atoms with Crippen LogP contribution in [0.4, 0.5) is 4.39 Å². The number of aryl methyl sites for hydroxylation is 1. The Bertz CT molecular complexity index is 450. The summed E-state index contributed by atoms with van der Waals surface area (Å²) in [5.41, 5.74) is 1.63. The third-order valence-electron chi connectivity index (χ3n) is 1.81. The van der Waals surface area contributed by atoms with E-state index in [4.69, 9.17) is 4.42 Å². The summed E-state index contributed by atoms with van der Waals surface area (Å²) >= 11 is 2.07. The molecule has 0 atom stereocenters. The number of halogens is 2. The van der Waals surface area contributed by atoms with Crippen LogP contribution >= 0.6 is 22.6 Å². The van der Waals surface area contributed by atoms with Crippen LogP contribution in [0.15, 0.2) is 28.7 Å². The van der Waals surface area contributed by atoms with Crippen molar-refractivity contribution in [2.24, 2.45) is 0 Å². The topological polar surface area (TPSA) is 26.0 Å². The normalized spacial score (nSPS) is 10.5. The lowest BCUT2D eigenvalue weighted by molar-refractivity contribution is 0.497. The number of benzene rings is 1. The number of hydrogen-bond donors (Lipinski definition) is 0. The SMILES string of the molecule is Cc1nc(-c2ccc(F)cc2)c(I)o1. The van der Waals surface area contributed by atoms with Crippen molar-refractivity contribution in [2.75, 3.05) is 0 Å². The molecule has 0 N–H and O–H groups in total. The Morgan fingerprint density at radius 1 is 1.29 bits per heavy atom. The molecular formula is C10H7FINO. The summed E-state index contributed by atoms with van der Waals surface area (Å²) in [5.74, 6) is 0.373. The van der Waals surface area contributed by atoms with Crippen molar-refractivity contribution in [2.45, 2.75) is 6.92 Å². The van der Waals surface area contributed by atoms with Crippen LogP contribution in [0, 0.1) is 16.5 Å². The van der Waals surface area contributed by atoms with Gasteiger partial charge < -0.3 is 4.42 Å². The summed E-state index contributed by atoms with van der Waals surface area (Å²) in [4.78, 5) is 4.21. The molecule has 1 aromatic carbocycles. The summed E-state index contributed by atoms with van der Waals surface area (Å²) in [5, 5.41) is 0. The fraction of sp³-hybridized carbons (Fsp3) is 0.100. The van der Waals surface area contributed by atoms with Crippen LogP contribution in [0.1, 0.15) is 5.89 Å². The van der Waals surface area contributed by atoms with Crippen molar-refractivity contribution in [1.29, 1.82) is 0 Å². The molecule has 0 aliphatic rings. The first-order chi connectivity index (χ1) is 6.66. The summed E-state index contributed by atoms with van der Waals surface area (Å²) in [6, 6.07) is 6.20. The average Bonchev–Trinajstić information content (AvgIpc) is 2.47. The second-order valence-electron chi connectivity index (χ2n) is 2.86. The largest absolute Gasteiger partial charge is 0.435 e. The van der Waals surface area contributed by atoms with Gasteiger partial charge in [-0.2, -0.15) is 0 Å². The van der Waals surface area contributed by atoms with E-state index in [1.807, 2.05) is 0 Å². The number of aromatic nitrogens is 1. The van der Waals surface area contributed by atoms with E-state index in [-0.39, 0.29) is 5.82 Å². The predicted octanol–water partition coefficient (Wildman–Crippen LogP) is 3.39. The second kappa shape index (κ2) is 3.68. The number of oxazole rings is 1. The molecular weight excluding hydrogens is 296 g/mol. The van der Waals surface area contributed by atoms with Gasteiger partial charge in [0.25, 0.3) is 0 Å². The van der Waals surface area contributed by atoms with Crippen LogP contribution in [-0.4, -0.2) is 4.98 Å². The van der Waals surface area contributed by atoms with E-state index >= 15 is 0 Å². The molecule has 0 spiro atoms. The van der Waals surface area contributed by atoms with Gasteiger partial charge in [-0.1, -0.05) is 0 Å². The van der Waals surface area contributed by atoms with E-state index in [1.165, 1.54) is 12.1 Å². The first-order valence-electron chi connectivity index (χ1n) is 4.05. The number of nitrogens with zero attached hydrogens (tertiary/aromatic N) is 1. The summed E-state index contributed by atoms with van der Waals surface area (Å²) < 4.78 is 18.7. The molecule has 4 heteroatoms. The predicted molar refractivity (Wildman–Crippen MR) is 59.4 cm³/mol. The Kier molecular flexibility index (Phi) is 2.54. The molecule has 2 rings (SSSR count). The van der Waals surface area contributed by atoms with Gasteiger partial charge in [0.1, 0.15) is 11.5 Å². The Labute approximate surface area is 94.3 Å². The molecule has 0 radical (unpaired) electrons. The minimum atomic E-state index is -0.246. The van der Waals surface area contributed by atoms with Gasteiger partial charge in [0.05, 0.1) is 0 Å². The highest BCUT2D eigenvalue weighted by Crippen LogP contribution is 2.25. The zero-order valence-electron chi connectivity index (χ0n) is 7.42. The van der Waals surface area contributed by atoms with Crippen molar-refractivity contribution in [3.05, 3.63) is 39.7 Å². The van der Waals surface area contributed by atoms with Gasteiger partial charge in [-0.25, -0.2) is 9.37 Å². The van der Waals surface area contributed by atoms with Crippen molar-refractivity contribution in [3.8, 4) is 11.3 Å². The van der Waals surface area contributed by atoms with Gasteiger partial charge in [0, 0.05) is 35.1 Å². The summed E-state index contributed by atoms with van der Waals surface area (Å²) in [6.45, 7) is 1.79. The molecule has 0 saturated carbocycles. The van der Waals surface area contributed by atoms with Crippen molar-refractivity contribution in [3.63, 3.8) is 0 Å². The van der Waals surface area contributed by atoms with Gasteiger partial charge >= 0.3 is 0 Å². The third-order valence-corrected chi connectivity index (χ3v) is 2.54. The smallest absolute Gasteiger partial charge is 0.193 e. The molecule has 0 saturated heterocycles. The average molecular weight is 303 g/mol. The molecule has 14 heavy (non-hydrogen) atoms. The minimum Gasteiger partial charge on any atom is -0.435 e. The van der Waals surface area contributed by atoms with Crippen LogP contribution in [0.5, 0.6) is 0 Å². The van der Waals surface area contributed by atoms with Gasteiger partial charge in [-0.3, -0.25) is 0 Å². The van der Waals surface area contributed by atoms with Gasteiger partial charge in [-0.15, -0.1) is 0 Å². The van der Waals surface area contributed by atoms with E-state index in [9.17, 15) is 4.39 Å². The zero-order chi connectivity index (χ0) is 10.1. The monoisotopic (exact) mass is 303 g/mol. The van der Waals surface area contributed by atoms with Crippen LogP contribution < -0.4 is 0 Å². The van der Waals surface area contributed by atoms with E-state index in [0.717, 1.165) is 15.0 Å². The van der Waals surface area contributed by atoms with Crippen molar-refractivity contribution in [1.82, 2.24) is 4.98 Å². The molecule has 0 amide bonds. The van der Waals surface area contributed by atoms with Crippen LogP contribution in [0.3, 0.4) is 0 Å². The quantitative estimate of drug-likeness (QED) is 0.755. The van der Waals surface area contributed by atoms with Crippen molar-refractivity contribution >= 4 is 22.6 Å². The molecule has 72 valence electrons. The number of rotatable bonds is 1. The third kappa shape index (κ3) is 1.79. The highest BCUT2D eigenvalue weighted by atomic mass is 127. The second-order valence-corrected chi connectivity index (χ2v) is 3.84. The molecule has 1 heterocycles. The highest BCUT2D eigenvalue weighted by Gasteiger charge is 2.09. The molecule has 2 nitrogen and oxygen atoms in total. The maximum absolute atomic E-state index is 12.7. The molecule has 0 aliphatic heterocycles. The molecule has 1 aromatic heterocycles. The minimum absolute atomic E-state index is 0.246. The summed E-state index contributed by atoms with van der Waals surface area (Å²) in [7, 11) is 0. The maximum atomic E-state index is 12.7. The van der Waals surface area contributed by atoms with E-state index in [2.05, 4.69) is 27.6 Å². The maximum Gasteiger partial charge on any atom is 0.193 e. The fourth-order valence-corrected chi connectivity index (χ4v) is 1.94. The van der Waals surface area contributed by atoms with Crippen LogP contribution in [0.2, 0.25) is 0 Å². The fourth-order valence-electron chi connectivity index (χ4n) is 1.19. The van der Waals surface area contributed by atoms with E-state index in [0.29, 0.717) is 5.89 Å². The highest BCUT2D eigenvalue weighted by molar-refractivity contribution is 14.1. The lowest BCUT2D eigenvalue weighted by atomic mass is 10.2. The molecule has 2 aromatic rings. The Hall–Kier alpha value is -0.910. The Morgan fingerprint density at radius 3 is 2.43 bits per heavy atom. The molecule has 0 unspecified atom stereocenters. The lowest BCUT2D eigenvalue weighted by Crippen LogP contribution is -1.81. The molecule has 0 aliphatic carbocycles. The van der Waals surface area contributed by atoms with Gasteiger partial charge in [0.2, 0.25) is 0 Å². The number of hydrogen-bond acceptors (Lipinski definition) is 2. The van der Waals surface area contributed by atoms with Gasteiger partial charge in [-0.05, 0) is 24.3 Å². The van der Waals surface area contributed by atoms with Crippen LogP contribution in [-0.2, 0) is 0 Å². The van der Waals surface area contributed by atoms with Crippen molar-refractivity contribution < 1.29 is 8.81 Å². The Morgan fingerprint density at radius 2 is 1.93 bits per heavy atom. The van der Waals surface area contributed by atoms with E-state index < -0.39 is 0 Å². The zero-order valence-corrected chi connectivity index (χ0v) is 9.58. The first kappa shape index (κ1) is 9.64. The molecule has 0 bridgehead atoms. The van der Waals surface area contributed by atoms with Crippen LogP contribution in [0.25, 0.3) is 11.3 Å². The molecule has 0 fully saturated rings. The standard InChI is InChI=1S/C10H7FINO/c1-6-13-9(10(12)14-6)7-2-4-8(11)5-3-7/h2-5H,1H3. The first-order valence-corrected chi connectivity index (χ1v) is 5.13. The Balaban J connectivity index is 2.49. The van der Waals surface area contributed by atoms with Gasteiger partial charge in [0.15, 0.2) is 9.66 Å². The van der Waals surface area contributed by atoms with E-state index in [1.54, 1.807) is 19.1 Å². The lowest BCUT2D eigenvalue weighted by Gasteiger charge is -1.95.